The Balaban J connectivity index is 1.72. The molecule has 0 saturated heterocycles. The molecule has 0 bridgehead atoms. The average molecular weight is 423 g/mol. The van der Waals surface area contributed by atoms with Crippen LogP contribution in [0.4, 0.5) is 5.69 Å². The van der Waals surface area contributed by atoms with Crippen molar-refractivity contribution in [2.75, 3.05) is 17.6 Å². The Hall–Kier alpha value is -1.69. The van der Waals surface area contributed by atoms with Crippen molar-refractivity contribution >= 4 is 52.5 Å². The van der Waals surface area contributed by atoms with Crippen LogP contribution in [-0.4, -0.2) is 24.1 Å². The molecule has 4 nitrogen and oxygen atoms in total. The van der Waals surface area contributed by atoms with E-state index in [1.807, 2.05) is 32.0 Å². The van der Waals surface area contributed by atoms with E-state index in [2.05, 4.69) is 10.6 Å². The van der Waals surface area contributed by atoms with E-state index in [1.54, 1.807) is 30.0 Å². The lowest BCUT2D eigenvalue weighted by atomic mass is 9.84. The highest BCUT2D eigenvalue weighted by Crippen LogP contribution is 2.32. The first-order valence-corrected chi connectivity index (χ1v) is 10.3. The second-order valence-corrected chi connectivity index (χ2v) is 9.00. The number of hydrogen-bond acceptors (Lipinski definition) is 3. The van der Waals surface area contributed by atoms with Gasteiger partial charge in [0.05, 0.1) is 15.7 Å². The van der Waals surface area contributed by atoms with Gasteiger partial charge in [-0.15, -0.1) is 11.8 Å². The summed E-state index contributed by atoms with van der Waals surface area (Å²) in [7, 11) is 0. The highest BCUT2D eigenvalue weighted by Gasteiger charge is 2.23. The van der Waals surface area contributed by atoms with Crippen LogP contribution in [0.2, 0.25) is 10.0 Å². The molecule has 0 atom stereocenters. The molecule has 1 heterocycles. The Morgan fingerprint density at radius 1 is 1.19 bits per heavy atom. The van der Waals surface area contributed by atoms with Crippen LogP contribution >= 0.6 is 35.0 Å². The summed E-state index contributed by atoms with van der Waals surface area (Å²) in [4.78, 5) is 25.3. The second kappa shape index (κ2) is 8.13. The minimum atomic E-state index is -0.320. The standard InChI is InChI=1S/C20H20Cl2N2O2S/c1-20(2,13-4-5-14(21)15(22)10-13)11-23-19(26)12-3-6-17-16(9-12)24-18(25)7-8-27-17/h3-6,9-10H,7-8,11H2,1-2H3,(H,23,26)(H,24,25). The molecule has 27 heavy (non-hydrogen) atoms. The number of amides is 2. The van der Waals surface area contributed by atoms with Crippen molar-refractivity contribution in [2.45, 2.75) is 30.6 Å². The number of anilines is 1. The number of fused-ring (bicyclic) bond motifs is 1. The summed E-state index contributed by atoms with van der Waals surface area (Å²) in [6.45, 7) is 4.49. The number of thioether (sulfide) groups is 1. The predicted molar refractivity (Wildman–Crippen MR) is 112 cm³/mol. The van der Waals surface area contributed by atoms with Gasteiger partial charge in [-0.3, -0.25) is 9.59 Å². The number of hydrogen-bond donors (Lipinski definition) is 2. The number of benzene rings is 2. The van der Waals surface area contributed by atoms with Crippen molar-refractivity contribution in [2.24, 2.45) is 0 Å². The van der Waals surface area contributed by atoms with Gasteiger partial charge in [0.2, 0.25) is 5.91 Å². The summed E-state index contributed by atoms with van der Waals surface area (Å²) in [6.07, 6.45) is 0.471. The fraction of sp³-hybridized carbons (Fsp3) is 0.300. The van der Waals surface area contributed by atoms with Gasteiger partial charge in [0.15, 0.2) is 0 Å². The summed E-state index contributed by atoms with van der Waals surface area (Å²) in [5.41, 5.74) is 1.88. The molecular weight excluding hydrogens is 403 g/mol. The van der Waals surface area contributed by atoms with Gasteiger partial charge in [-0.05, 0) is 35.9 Å². The highest BCUT2D eigenvalue weighted by atomic mass is 35.5. The molecule has 0 fully saturated rings. The summed E-state index contributed by atoms with van der Waals surface area (Å²) in [5, 5.41) is 6.83. The summed E-state index contributed by atoms with van der Waals surface area (Å²) in [6, 6.07) is 10.9. The Labute approximate surface area is 173 Å². The molecule has 0 spiro atoms. The van der Waals surface area contributed by atoms with Gasteiger partial charge in [0, 0.05) is 34.6 Å². The predicted octanol–water partition coefficient (Wildman–Crippen LogP) is 5.14. The molecule has 142 valence electrons. The maximum absolute atomic E-state index is 12.6. The van der Waals surface area contributed by atoms with Gasteiger partial charge in [0.25, 0.3) is 5.91 Å². The van der Waals surface area contributed by atoms with E-state index in [4.69, 9.17) is 23.2 Å². The summed E-state index contributed by atoms with van der Waals surface area (Å²) in [5.74, 6) is 0.524. The average Bonchev–Trinajstić information content (AvgIpc) is 2.81. The van der Waals surface area contributed by atoms with Gasteiger partial charge in [0.1, 0.15) is 0 Å². The third-order valence-electron chi connectivity index (χ3n) is 4.49. The van der Waals surface area contributed by atoms with Crippen LogP contribution in [0.25, 0.3) is 0 Å². The van der Waals surface area contributed by atoms with Crippen LogP contribution in [0.15, 0.2) is 41.3 Å². The van der Waals surface area contributed by atoms with E-state index in [-0.39, 0.29) is 17.2 Å². The number of nitrogens with one attached hydrogen (secondary N) is 2. The zero-order valence-electron chi connectivity index (χ0n) is 15.1. The Kier molecular flexibility index (Phi) is 6.04. The van der Waals surface area contributed by atoms with Crippen LogP contribution in [-0.2, 0) is 10.2 Å². The van der Waals surface area contributed by atoms with Gasteiger partial charge in [-0.2, -0.15) is 0 Å². The first-order chi connectivity index (χ1) is 12.8. The fourth-order valence-electron chi connectivity index (χ4n) is 2.78. The summed E-state index contributed by atoms with van der Waals surface area (Å²) >= 11 is 13.7. The zero-order chi connectivity index (χ0) is 19.6. The second-order valence-electron chi connectivity index (χ2n) is 7.05. The van der Waals surface area contributed by atoms with Crippen molar-refractivity contribution in [3.05, 3.63) is 57.6 Å². The molecule has 2 aromatic rings. The Morgan fingerprint density at radius 2 is 1.96 bits per heavy atom. The molecular formula is C20H20Cl2N2O2S. The van der Waals surface area contributed by atoms with Crippen LogP contribution in [0, 0.1) is 0 Å². The number of carbonyl (C=O) groups is 2. The molecule has 0 radical (unpaired) electrons. The lowest BCUT2D eigenvalue weighted by Crippen LogP contribution is -2.36. The number of halogens is 2. The van der Waals surface area contributed by atoms with Gasteiger partial charge < -0.3 is 10.6 Å². The molecule has 0 saturated carbocycles. The van der Waals surface area contributed by atoms with Crippen molar-refractivity contribution in [1.82, 2.24) is 5.32 Å². The molecule has 1 aliphatic heterocycles. The van der Waals surface area contributed by atoms with Crippen molar-refractivity contribution in [1.29, 1.82) is 0 Å². The van der Waals surface area contributed by atoms with Gasteiger partial charge in [-0.25, -0.2) is 0 Å². The van der Waals surface area contributed by atoms with Crippen LogP contribution < -0.4 is 10.6 Å². The van der Waals surface area contributed by atoms with Gasteiger partial charge >= 0.3 is 0 Å². The van der Waals surface area contributed by atoms with E-state index in [1.165, 1.54) is 0 Å². The van der Waals surface area contributed by atoms with E-state index in [0.717, 1.165) is 16.2 Å². The third kappa shape index (κ3) is 4.78. The van der Waals surface area contributed by atoms with E-state index in [0.29, 0.717) is 34.3 Å². The monoisotopic (exact) mass is 422 g/mol. The quantitative estimate of drug-likeness (QED) is 0.717. The van der Waals surface area contributed by atoms with Crippen LogP contribution in [0.1, 0.15) is 36.2 Å². The molecule has 7 heteroatoms. The molecule has 3 rings (SSSR count). The minimum Gasteiger partial charge on any atom is -0.351 e. The lowest BCUT2D eigenvalue weighted by molar-refractivity contribution is -0.115. The van der Waals surface area contributed by atoms with Crippen LogP contribution in [0.3, 0.4) is 0 Å². The fourth-order valence-corrected chi connectivity index (χ4v) is 4.02. The first kappa shape index (κ1) is 20.1. The molecule has 1 aliphatic rings. The Morgan fingerprint density at radius 3 is 2.70 bits per heavy atom. The van der Waals surface area contributed by atoms with Gasteiger partial charge in [-0.1, -0.05) is 43.1 Å². The number of rotatable bonds is 4. The molecule has 0 aliphatic carbocycles. The Bertz CT molecular complexity index is 900. The lowest BCUT2D eigenvalue weighted by Gasteiger charge is -2.26. The molecule has 0 aromatic heterocycles. The molecule has 0 unspecified atom stereocenters. The SMILES string of the molecule is CC(C)(CNC(=O)c1ccc2c(c1)NC(=O)CCS2)c1ccc(Cl)c(Cl)c1. The topological polar surface area (TPSA) is 58.2 Å². The van der Waals surface area contributed by atoms with E-state index >= 15 is 0 Å². The third-order valence-corrected chi connectivity index (χ3v) is 6.31. The van der Waals surface area contributed by atoms with E-state index in [9.17, 15) is 9.59 Å². The normalized spacial score (nSPS) is 14.1. The first-order valence-electron chi connectivity index (χ1n) is 8.57. The van der Waals surface area contributed by atoms with Crippen LogP contribution in [0.5, 0.6) is 0 Å². The zero-order valence-corrected chi connectivity index (χ0v) is 17.4. The molecule has 2 N–H and O–H groups in total. The van der Waals surface area contributed by atoms with Crippen molar-refractivity contribution in [3.63, 3.8) is 0 Å². The van der Waals surface area contributed by atoms with Crippen molar-refractivity contribution in [3.8, 4) is 0 Å². The minimum absolute atomic E-state index is 0.0282. The van der Waals surface area contributed by atoms with Crippen molar-refractivity contribution < 1.29 is 9.59 Å². The largest absolute Gasteiger partial charge is 0.351 e. The maximum atomic E-state index is 12.6. The number of carbonyl (C=O) groups excluding carboxylic acids is 2. The summed E-state index contributed by atoms with van der Waals surface area (Å²) < 4.78 is 0. The highest BCUT2D eigenvalue weighted by molar-refractivity contribution is 7.99. The molecule has 2 amide bonds. The maximum Gasteiger partial charge on any atom is 0.251 e. The molecule has 2 aromatic carbocycles. The smallest absolute Gasteiger partial charge is 0.251 e. The van der Waals surface area contributed by atoms with E-state index < -0.39 is 0 Å².